The second-order valence-electron chi connectivity index (χ2n) is 3.70. The van der Waals surface area contributed by atoms with Gasteiger partial charge in [0.2, 0.25) is 0 Å². The SMILES string of the molecule is C=CCC[C@H](N)c1cc(C#N)cc(OC)c1O.Cl. The van der Waals surface area contributed by atoms with Crippen LogP contribution < -0.4 is 10.5 Å². The summed E-state index contributed by atoms with van der Waals surface area (Å²) in [6, 6.07) is 4.75. The van der Waals surface area contributed by atoms with E-state index in [1.54, 1.807) is 12.1 Å². The quantitative estimate of drug-likeness (QED) is 0.805. The van der Waals surface area contributed by atoms with E-state index in [0.717, 1.165) is 6.42 Å². The average molecular weight is 269 g/mol. The molecule has 4 nitrogen and oxygen atoms in total. The molecule has 3 N–H and O–H groups in total. The summed E-state index contributed by atoms with van der Waals surface area (Å²) in [7, 11) is 1.44. The van der Waals surface area contributed by atoms with Crippen LogP contribution in [0.2, 0.25) is 0 Å². The summed E-state index contributed by atoms with van der Waals surface area (Å²) in [4.78, 5) is 0. The number of benzene rings is 1. The van der Waals surface area contributed by atoms with Crippen molar-refractivity contribution < 1.29 is 9.84 Å². The van der Waals surface area contributed by atoms with E-state index in [1.807, 2.05) is 6.07 Å². The van der Waals surface area contributed by atoms with Crippen molar-refractivity contribution in [2.45, 2.75) is 18.9 Å². The van der Waals surface area contributed by atoms with Gasteiger partial charge in [-0.15, -0.1) is 19.0 Å². The standard InChI is InChI=1S/C13H16N2O2.ClH/c1-3-4-5-11(15)10-6-9(8-14)7-12(17-2)13(10)16;/h3,6-7,11,16H,1,4-5,15H2,2H3;1H/t11-;/m0./s1. The largest absolute Gasteiger partial charge is 0.504 e. The summed E-state index contributed by atoms with van der Waals surface area (Å²) < 4.78 is 5.01. The lowest BCUT2D eigenvalue weighted by Crippen LogP contribution is -2.10. The number of ether oxygens (including phenoxy) is 1. The molecule has 0 saturated heterocycles. The Hall–Kier alpha value is -1.70. The van der Waals surface area contributed by atoms with Crippen LogP contribution >= 0.6 is 12.4 Å². The van der Waals surface area contributed by atoms with Crippen molar-refractivity contribution in [3.63, 3.8) is 0 Å². The van der Waals surface area contributed by atoms with Crippen LogP contribution in [0.1, 0.15) is 30.0 Å². The first-order valence-corrected chi connectivity index (χ1v) is 5.31. The van der Waals surface area contributed by atoms with Crippen molar-refractivity contribution in [2.75, 3.05) is 7.11 Å². The number of phenols is 1. The molecule has 0 fully saturated rings. The Labute approximate surface area is 113 Å². The van der Waals surface area contributed by atoms with E-state index in [-0.39, 0.29) is 29.9 Å². The fraction of sp³-hybridized carbons (Fsp3) is 0.308. The Bertz CT molecular complexity index is 455. The zero-order valence-electron chi connectivity index (χ0n) is 10.2. The summed E-state index contributed by atoms with van der Waals surface area (Å²) in [5.74, 6) is 0.274. The highest BCUT2D eigenvalue weighted by atomic mass is 35.5. The number of hydrogen-bond donors (Lipinski definition) is 2. The first-order chi connectivity index (χ1) is 8.13. The Kier molecular flexibility index (Phi) is 6.88. The normalized spacial score (nSPS) is 10.9. The maximum Gasteiger partial charge on any atom is 0.162 e. The maximum absolute atomic E-state index is 9.94. The maximum atomic E-state index is 9.94. The van der Waals surface area contributed by atoms with Gasteiger partial charge in [0.25, 0.3) is 0 Å². The molecular formula is C13H17ClN2O2. The van der Waals surface area contributed by atoms with Crippen molar-refractivity contribution in [3.05, 3.63) is 35.9 Å². The van der Waals surface area contributed by atoms with Crippen molar-refractivity contribution in [1.29, 1.82) is 5.26 Å². The van der Waals surface area contributed by atoms with Crippen LogP contribution in [0.5, 0.6) is 11.5 Å². The van der Waals surface area contributed by atoms with E-state index in [4.69, 9.17) is 15.7 Å². The second-order valence-corrected chi connectivity index (χ2v) is 3.70. The van der Waals surface area contributed by atoms with Crippen molar-refractivity contribution in [3.8, 4) is 17.6 Å². The number of methoxy groups -OCH3 is 1. The molecule has 1 aromatic rings. The molecule has 0 saturated carbocycles. The Balaban J connectivity index is 0.00000289. The third-order valence-electron chi connectivity index (χ3n) is 2.53. The van der Waals surface area contributed by atoms with Crippen LogP contribution in [0, 0.1) is 11.3 Å². The number of nitrogens with zero attached hydrogens (tertiary/aromatic N) is 1. The van der Waals surface area contributed by atoms with Crippen LogP contribution in [0.3, 0.4) is 0 Å². The zero-order valence-corrected chi connectivity index (χ0v) is 11.0. The summed E-state index contributed by atoms with van der Waals surface area (Å²) >= 11 is 0. The number of halogens is 1. The smallest absolute Gasteiger partial charge is 0.162 e. The molecule has 0 aliphatic carbocycles. The van der Waals surface area contributed by atoms with Gasteiger partial charge in [0.1, 0.15) is 0 Å². The van der Waals surface area contributed by atoms with E-state index in [9.17, 15) is 5.11 Å². The third kappa shape index (κ3) is 3.66. The number of allylic oxidation sites excluding steroid dienone is 1. The third-order valence-corrected chi connectivity index (χ3v) is 2.53. The average Bonchev–Trinajstić information content (AvgIpc) is 2.36. The molecule has 1 atom stereocenters. The Morgan fingerprint density at radius 3 is 2.78 bits per heavy atom. The van der Waals surface area contributed by atoms with Gasteiger partial charge in [0.15, 0.2) is 11.5 Å². The molecule has 1 aromatic carbocycles. The van der Waals surface area contributed by atoms with Crippen LogP contribution in [-0.2, 0) is 0 Å². The van der Waals surface area contributed by atoms with Crippen molar-refractivity contribution in [2.24, 2.45) is 5.73 Å². The van der Waals surface area contributed by atoms with Gasteiger partial charge in [-0.3, -0.25) is 0 Å². The van der Waals surface area contributed by atoms with E-state index < -0.39 is 0 Å². The van der Waals surface area contributed by atoms with Gasteiger partial charge in [-0.2, -0.15) is 5.26 Å². The van der Waals surface area contributed by atoms with Gasteiger partial charge >= 0.3 is 0 Å². The van der Waals surface area contributed by atoms with Gasteiger partial charge in [-0.25, -0.2) is 0 Å². The molecule has 0 aromatic heterocycles. The molecule has 0 aliphatic rings. The predicted molar refractivity (Wildman–Crippen MR) is 73.0 cm³/mol. The molecule has 5 heteroatoms. The summed E-state index contributed by atoms with van der Waals surface area (Å²) in [6.07, 6.45) is 3.18. The first kappa shape index (κ1) is 16.3. The first-order valence-electron chi connectivity index (χ1n) is 5.31. The highest BCUT2D eigenvalue weighted by molar-refractivity contribution is 5.85. The molecular weight excluding hydrogens is 252 g/mol. The zero-order chi connectivity index (χ0) is 12.8. The highest BCUT2D eigenvalue weighted by Crippen LogP contribution is 2.35. The lowest BCUT2D eigenvalue weighted by molar-refractivity contribution is 0.368. The van der Waals surface area contributed by atoms with Crippen LogP contribution in [-0.4, -0.2) is 12.2 Å². The molecule has 0 spiro atoms. The topological polar surface area (TPSA) is 79.3 Å². The minimum atomic E-state index is -0.338. The van der Waals surface area contributed by atoms with E-state index >= 15 is 0 Å². The Morgan fingerprint density at radius 1 is 1.61 bits per heavy atom. The highest BCUT2D eigenvalue weighted by Gasteiger charge is 2.16. The summed E-state index contributed by atoms with van der Waals surface area (Å²) in [6.45, 7) is 3.62. The predicted octanol–water partition coefficient (Wildman–Crippen LogP) is 2.66. The fourth-order valence-corrected chi connectivity index (χ4v) is 1.59. The van der Waals surface area contributed by atoms with Gasteiger partial charge in [0, 0.05) is 17.7 Å². The van der Waals surface area contributed by atoms with Gasteiger partial charge in [-0.1, -0.05) is 6.08 Å². The minimum Gasteiger partial charge on any atom is -0.504 e. The van der Waals surface area contributed by atoms with E-state index in [1.165, 1.54) is 13.2 Å². The lowest BCUT2D eigenvalue weighted by Gasteiger charge is -2.15. The van der Waals surface area contributed by atoms with Crippen molar-refractivity contribution >= 4 is 12.4 Å². The van der Waals surface area contributed by atoms with E-state index in [0.29, 0.717) is 17.5 Å². The minimum absolute atomic E-state index is 0. The fourth-order valence-electron chi connectivity index (χ4n) is 1.59. The second kappa shape index (κ2) is 7.59. The monoisotopic (exact) mass is 268 g/mol. The number of nitrogens with two attached hydrogens (primary N) is 1. The summed E-state index contributed by atoms with van der Waals surface area (Å²) in [5, 5.41) is 18.8. The molecule has 0 aliphatic heterocycles. The molecule has 98 valence electrons. The molecule has 1 rings (SSSR count). The van der Waals surface area contributed by atoms with Crippen molar-refractivity contribution in [1.82, 2.24) is 0 Å². The summed E-state index contributed by atoms with van der Waals surface area (Å²) in [5.41, 5.74) is 6.91. The number of nitriles is 1. The number of aromatic hydroxyl groups is 1. The molecule has 18 heavy (non-hydrogen) atoms. The number of phenolic OH excluding ortho intramolecular Hbond substituents is 1. The molecule has 0 unspecified atom stereocenters. The van der Waals surface area contributed by atoms with Gasteiger partial charge in [-0.05, 0) is 18.9 Å². The van der Waals surface area contributed by atoms with Crippen LogP contribution in [0.15, 0.2) is 24.8 Å². The van der Waals surface area contributed by atoms with Crippen LogP contribution in [0.4, 0.5) is 0 Å². The van der Waals surface area contributed by atoms with Crippen LogP contribution in [0.25, 0.3) is 0 Å². The van der Waals surface area contributed by atoms with Gasteiger partial charge in [0.05, 0.1) is 18.7 Å². The number of hydrogen-bond acceptors (Lipinski definition) is 4. The number of rotatable bonds is 5. The molecule has 0 bridgehead atoms. The molecule has 0 amide bonds. The molecule has 0 radical (unpaired) electrons. The molecule has 0 heterocycles. The lowest BCUT2D eigenvalue weighted by atomic mass is 9.99. The van der Waals surface area contributed by atoms with Gasteiger partial charge < -0.3 is 15.6 Å². The van der Waals surface area contributed by atoms with E-state index in [2.05, 4.69) is 6.58 Å². The Morgan fingerprint density at radius 2 is 2.28 bits per heavy atom.